The number of benzene rings is 1. The van der Waals surface area contributed by atoms with Crippen molar-refractivity contribution < 1.29 is 9.53 Å². The number of thioether (sulfide) groups is 1. The lowest BCUT2D eigenvalue weighted by molar-refractivity contribution is -0.130. The summed E-state index contributed by atoms with van der Waals surface area (Å²) < 4.78 is 5.10. The summed E-state index contributed by atoms with van der Waals surface area (Å²) in [7, 11) is 1.67. The fraction of sp³-hybridized carbons (Fsp3) is 0.500. The zero-order valence-corrected chi connectivity index (χ0v) is 11.9. The number of rotatable bonds is 4. The first-order valence-electron chi connectivity index (χ1n) is 6.15. The molecule has 1 aromatic rings. The highest BCUT2D eigenvalue weighted by atomic mass is 32.2. The third-order valence-corrected chi connectivity index (χ3v) is 4.61. The van der Waals surface area contributed by atoms with Crippen LogP contribution in [-0.2, 0) is 9.53 Å². The molecule has 3 nitrogen and oxygen atoms in total. The normalized spacial score (nSPS) is 23.7. The van der Waals surface area contributed by atoms with Gasteiger partial charge >= 0.3 is 0 Å². The van der Waals surface area contributed by atoms with E-state index in [9.17, 15) is 4.79 Å². The smallest absolute Gasteiger partial charge is 0.236 e. The van der Waals surface area contributed by atoms with Gasteiger partial charge in [0.2, 0.25) is 5.91 Å². The van der Waals surface area contributed by atoms with E-state index in [0.717, 1.165) is 0 Å². The Morgan fingerprint density at radius 1 is 1.39 bits per heavy atom. The zero-order valence-electron chi connectivity index (χ0n) is 11.1. The van der Waals surface area contributed by atoms with Gasteiger partial charge in [-0.1, -0.05) is 24.3 Å². The number of hydrogen-bond donors (Lipinski definition) is 0. The van der Waals surface area contributed by atoms with E-state index in [2.05, 4.69) is 19.1 Å². The third-order valence-electron chi connectivity index (χ3n) is 3.24. The van der Waals surface area contributed by atoms with Crippen molar-refractivity contribution in [3.05, 3.63) is 35.4 Å². The van der Waals surface area contributed by atoms with E-state index in [4.69, 9.17) is 4.74 Å². The standard InChI is InChI=1S/C14H19NO2S/c1-10-6-4-5-7-12(10)14-15(8-9-17-3)13(16)11(2)18-14/h4-7,11,14H,8-9H2,1-3H3/t11-,14-/m1/s1. The predicted molar refractivity (Wildman–Crippen MR) is 74.6 cm³/mol. The van der Waals surface area contributed by atoms with Crippen LogP contribution in [0.4, 0.5) is 0 Å². The van der Waals surface area contributed by atoms with Gasteiger partial charge in [0, 0.05) is 13.7 Å². The van der Waals surface area contributed by atoms with Crippen LogP contribution in [0.15, 0.2) is 24.3 Å². The van der Waals surface area contributed by atoms with Crippen LogP contribution in [0.5, 0.6) is 0 Å². The van der Waals surface area contributed by atoms with E-state index in [0.29, 0.717) is 13.2 Å². The molecule has 2 atom stereocenters. The van der Waals surface area contributed by atoms with Crippen molar-refractivity contribution in [1.29, 1.82) is 0 Å². The monoisotopic (exact) mass is 265 g/mol. The summed E-state index contributed by atoms with van der Waals surface area (Å²) in [5, 5.41) is 0.162. The molecule has 1 aliphatic heterocycles. The van der Waals surface area contributed by atoms with E-state index < -0.39 is 0 Å². The molecule has 0 spiro atoms. The Morgan fingerprint density at radius 3 is 2.78 bits per heavy atom. The Kier molecular flexibility index (Phi) is 4.30. The molecule has 0 bridgehead atoms. The molecule has 1 aromatic carbocycles. The van der Waals surface area contributed by atoms with Crippen LogP contribution in [0.25, 0.3) is 0 Å². The quantitative estimate of drug-likeness (QED) is 0.838. The summed E-state index contributed by atoms with van der Waals surface area (Å²) in [5.41, 5.74) is 2.47. The Labute approximate surface area is 113 Å². The molecule has 1 aliphatic rings. The van der Waals surface area contributed by atoms with E-state index >= 15 is 0 Å². The Balaban J connectivity index is 2.25. The first-order valence-corrected chi connectivity index (χ1v) is 7.10. The van der Waals surface area contributed by atoms with E-state index in [-0.39, 0.29) is 16.5 Å². The van der Waals surface area contributed by atoms with Crippen LogP contribution in [0, 0.1) is 6.92 Å². The molecule has 0 aliphatic carbocycles. The van der Waals surface area contributed by atoms with Crippen LogP contribution in [-0.4, -0.2) is 36.3 Å². The summed E-state index contributed by atoms with van der Waals surface area (Å²) in [5.74, 6) is 0.213. The van der Waals surface area contributed by atoms with Gasteiger partial charge in [0.1, 0.15) is 5.37 Å². The number of hydrogen-bond acceptors (Lipinski definition) is 3. The first kappa shape index (κ1) is 13.4. The largest absolute Gasteiger partial charge is 0.383 e. The molecule has 0 N–H and O–H groups in total. The molecule has 1 heterocycles. The van der Waals surface area contributed by atoms with Crippen molar-refractivity contribution in [3.8, 4) is 0 Å². The molecule has 0 aromatic heterocycles. The summed E-state index contributed by atoms with van der Waals surface area (Å²) >= 11 is 1.72. The molecule has 1 amide bonds. The van der Waals surface area contributed by atoms with Crippen LogP contribution >= 0.6 is 11.8 Å². The minimum absolute atomic E-state index is 0.0338. The number of nitrogens with zero attached hydrogens (tertiary/aromatic N) is 1. The molecule has 2 rings (SSSR count). The van der Waals surface area contributed by atoms with Gasteiger partial charge < -0.3 is 9.64 Å². The third kappa shape index (κ3) is 2.54. The summed E-state index contributed by atoms with van der Waals surface area (Å²) in [6.07, 6.45) is 0. The molecule has 18 heavy (non-hydrogen) atoms. The highest BCUT2D eigenvalue weighted by Gasteiger charge is 2.38. The average Bonchev–Trinajstić information content (AvgIpc) is 2.64. The maximum Gasteiger partial charge on any atom is 0.236 e. The lowest BCUT2D eigenvalue weighted by Crippen LogP contribution is -2.33. The van der Waals surface area contributed by atoms with Gasteiger partial charge in [-0.05, 0) is 25.0 Å². The van der Waals surface area contributed by atoms with Gasteiger partial charge in [-0.15, -0.1) is 11.8 Å². The number of carbonyl (C=O) groups excluding carboxylic acids is 1. The van der Waals surface area contributed by atoms with Crippen LogP contribution in [0.1, 0.15) is 23.4 Å². The van der Waals surface area contributed by atoms with Gasteiger partial charge in [0.25, 0.3) is 0 Å². The topological polar surface area (TPSA) is 29.5 Å². The molecule has 0 radical (unpaired) electrons. The number of methoxy groups -OCH3 is 1. The Hall–Kier alpha value is -1.00. The van der Waals surface area contributed by atoms with Crippen molar-refractivity contribution in [2.45, 2.75) is 24.5 Å². The molecule has 1 fully saturated rings. The predicted octanol–water partition coefficient (Wildman–Crippen LogP) is 2.60. The van der Waals surface area contributed by atoms with Crippen LogP contribution < -0.4 is 0 Å². The second-order valence-electron chi connectivity index (χ2n) is 4.51. The van der Waals surface area contributed by atoms with E-state index in [1.165, 1.54) is 11.1 Å². The number of amides is 1. The van der Waals surface area contributed by atoms with Crippen molar-refractivity contribution in [1.82, 2.24) is 4.90 Å². The molecular weight excluding hydrogens is 246 g/mol. The minimum Gasteiger partial charge on any atom is -0.383 e. The van der Waals surface area contributed by atoms with E-state index in [1.807, 2.05) is 24.0 Å². The number of ether oxygens (including phenoxy) is 1. The summed E-state index contributed by atoms with van der Waals surface area (Å²) in [4.78, 5) is 14.1. The van der Waals surface area contributed by atoms with Crippen LogP contribution in [0.3, 0.4) is 0 Å². The second-order valence-corrected chi connectivity index (χ2v) is 5.94. The summed E-state index contributed by atoms with van der Waals surface area (Å²) in [6, 6.07) is 8.27. The van der Waals surface area contributed by atoms with E-state index in [1.54, 1.807) is 18.9 Å². The second kappa shape index (κ2) is 5.76. The highest BCUT2D eigenvalue weighted by molar-refractivity contribution is 8.01. The van der Waals surface area contributed by atoms with Crippen molar-refractivity contribution in [3.63, 3.8) is 0 Å². The average molecular weight is 265 g/mol. The molecule has 0 unspecified atom stereocenters. The fourth-order valence-corrected chi connectivity index (χ4v) is 3.60. The molecule has 98 valence electrons. The molecular formula is C14H19NO2S. The van der Waals surface area contributed by atoms with Crippen molar-refractivity contribution >= 4 is 17.7 Å². The zero-order chi connectivity index (χ0) is 13.1. The number of aryl methyl sites for hydroxylation is 1. The lowest BCUT2D eigenvalue weighted by atomic mass is 10.1. The first-order chi connectivity index (χ1) is 8.65. The fourth-order valence-electron chi connectivity index (χ4n) is 2.20. The minimum atomic E-state index is 0.0338. The summed E-state index contributed by atoms with van der Waals surface area (Å²) in [6.45, 7) is 5.32. The molecule has 0 saturated carbocycles. The van der Waals surface area contributed by atoms with Crippen LogP contribution in [0.2, 0.25) is 0 Å². The Morgan fingerprint density at radius 2 is 2.11 bits per heavy atom. The number of carbonyl (C=O) groups is 1. The maximum absolute atomic E-state index is 12.2. The molecule has 4 heteroatoms. The molecule has 1 saturated heterocycles. The van der Waals surface area contributed by atoms with Gasteiger partial charge in [-0.3, -0.25) is 4.79 Å². The van der Waals surface area contributed by atoms with Gasteiger partial charge in [-0.25, -0.2) is 0 Å². The van der Waals surface area contributed by atoms with Gasteiger partial charge in [-0.2, -0.15) is 0 Å². The van der Waals surface area contributed by atoms with Gasteiger partial charge in [0.15, 0.2) is 0 Å². The lowest BCUT2D eigenvalue weighted by Gasteiger charge is -2.25. The van der Waals surface area contributed by atoms with Crippen molar-refractivity contribution in [2.75, 3.05) is 20.3 Å². The van der Waals surface area contributed by atoms with Crippen molar-refractivity contribution in [2.24, 2.45) is 0 Å². The Bertz CT molecular complexity index is 436. The maximum atomic E-state index is 12.2. The highest BCUT2D eigenvalue weighted by Crippen LogP contribution is 2.43. The SMILES string of the molecule is COCCN1C(=O)[C@@H](C)S[C@@H]1c1ccccc1C. The van der Waals surface area contributed by atoms with Gasteiger partial charge in [0.05, 0.1) is 11.9 Å².